The highest BCUT2D eigenvalue weighted by Crippen LogP contribution is 2.58. The summed E-state index contributed by atoms with van der Waals surface area (Å²) >= 11 is 0. The Morgan fingerprint density at radius 2 is 0.807 bits per heavy atom. The molecule has 0 unspecified atom stereocenters. The Morgan fingerprint density at radius 3 is 1.46 bits per heavy atom. The van der Waals surface area contributed by atoms with Crippen molar-refractivity contribution in [3.05, 3.63) is 194 Å². The van der Waals surface area contributed by atoms with Crippen LogP contribution in [0.25, 0.3) is 126 Å². The van der Waals surface area contributed by atoms with E-state index in [4.69, 9.17) is 4.98 Å². The van der Waals surface area contributed by atoms with Gasteiger partial charge in [-0.3, -0.25) is 0 Å². The van der Waals surface area contributed by atoms with Crippen LogP contribution >= 0.6 is 0 Å². The monoisotopic (exact) mass is 720 g/mol. The van der Waals surface area contributed by atoms with Crippen molar-refractivity contribution in [1.29, 1.82) is 0 Å². The molecule has 2 heterocycles. The molecule has 0 atom stereocenters. The zero-order valence-electron chi connectivity index (χ0n) is 30.9. The number of aromatic nitrogens is 2. The largest absolute Gasteiger partial charge is 0.306 e. The van der Waals surface area contributed by atoms with E-state index in [2.05, 4.69) is 193 Å². The molecule has 12 aromatic rings. The van der Waals surface area contributed by atoms with Crippen LogP contribution in [0.15, 0.2) is 194 Å². The Balaban J connectivity index is 1.10. The van der Waals surface area contributed by atoms with Gasteiger partial charge in [0.15, 0.2) is 0 Å². The Bertz CT molecular complexity index is 3490. The number of imidazole rings is 1. The summed E-state index contributed by atoms with van der Waals surface area (Å²) in [6, 6.07) is 67.2. The molecule has 0 saturated heterocycles. The molecule has 262 valence electrons. The van der Waals surface area contributed by atoms with E-state index in [9.17, 15) is 0 Å². The Hall–Kier alpha value is -7.55. The summed E-state index contributed by atoms with van der Waals surface area (Å²) in [5, 5.41) is 12.8. The van der Waals surface area contributed by atoms with Crippen molar-refractivity contribution in [3.8, 4) is 66.9 Å². The first-order valence-corrected chi connectivity index (χ1v) is 19.7. The smallest absolute Gasteiger partial charge is 0.137 e. The minimum atomic E-state index is 0.953. The van der Waals surface area contributed by atoms with Gasteiger partial charge >= 0.3 is 0 Å². The lowest BCUT2D eigenvalue weighted by Crippen LogP contribution is -1.93. The number of hydrogen-bond donors (Lipinski definition) is 0. The van der Waals surface area contributed by atoms with E-state index in [0.717, 1.165) is 16.9 Å². The number of rotatable bonds is 4. The summed E-state index contributed by atoms with van der Waals surface area (Å²) in [7, 11) is 0. The average molecular weight is 721 g/mol. The second kappa shape index (κ2) is 11.5. The molecule has 1 aliphatic rings. The molecule has 0 amide bonds. The number of fused-ring (bicyclic) bond motifs is 5. The van der Waals surface area contributed by atoms with Crippen LogP contribution in [-0.2, 0) is 0 Å². The van der Waals surface area contributed by atoms with Gasteiger partial charge in [-0.05, 0) is 122 Å². The van der Waals surface area contributed by atoms with Crippen molar-refractivity contribution in [2.24, 2.45) is 0 Å². The lowest BCUT2D eigenvalue weighted by molar-refractivity contribution is 1.19. The van der Waals surface area contributed by atoms with Crippen molar-refractivity contribution in [3.63, 3.8) is 0 Å². The van der Waals surface area contributed by atoms with Crippen LogP contribution in [0.5, 0.6) is 0 Å². The highest BCUT2D eigenvalue weighted by atomic mass is 15.0. The summed E-state index contributed by atoms with van der Waals surface area (Å²) < 4.78 is 2.10. The van der Waals surface area contributed by atoms with E-state index in [-0.39, 0.29) is 0 Å². The van der Waals surface area contributed by atoms with Gasteiger partial charge in [0.05, 0.1) is 5.69 Å². The van der Waals surface area contributed by atoms with Crippen LogP contribution < -0.4 is 0 Å². The Labute approximate surface area is 328 Å². The van der Waals surface area contributed by atoms with E-state index in [1.165, 1.54) is 109 Å². The van der Waals surface area contributed by atoms with Crippen LogP contribution in [0.3, 0.4) is 0 Å². The molecule has 0 N–H and O–H groups in total. The van der Waals surface area contributed by atoms with Crippen LogP contribution in [0, 0.1) is 0 Å². The molecule has 57 heavy (non-hydrogen) atoms. The van der Waals surface area contributed by atoms with Crippen LogP contribution in [0.1, 0.15) is 0 Å². The number of benzene rings is 10. The van der Waals surface area contributed by atoms with Gasteiger partial charge in [-0.15, -0.1) is 0 Å². The minimum Gasteiger partial charge on any atom is -0.306 e. The van der Waals surface area contributed by atoms with Gasteiger partial charge in [-0.25, -0.2) is 4.98 Å². The molecule has 0 radical (unpaired) electrons. The topological polar surface area (TPSA) is 17.3 Å². The number of nitrogens with zero attached hydrogens (tertiary/aromatic N) is 2. The molecule has 13 rings (SSSR count). The van der Waals surface area contributed by atoms with Crippen molar-refractivity contribution in [2.45, 2.75) is 0 Å². The van der Waals surface area contributed by atoms with E-state index < -0.39 is 0 Å². The first-order chi connectivity index (χ1) is 28.3. The maximum absolute atomic E-state index is 5.04. The molecule has 2 nitrogen and oxygen atoms in total. The van der Waals surface area contributed by atoms with Crippen LogP contribution in [0.4, 0.5) is 0 Å². The molecular weight excluding hydrogens is 689 g/mol. The van der Waals surface area contributed by atoms with Crippen LogP contribution in [-0.4, -0.2) is 9.38 Å². The molecule has 1 aliphatic carbocycles. The molecule has 0 bridgehead atoms. The van der Waals surface area contributed by atoms with Crippen molar-refractivity contribution in [1.82, 2.24) is 9.38 Å². The predicted octanol–water partition coefficient (Wildman–Crippen LogP) is 14.9. The summed E-state index contributed by atoms with van der Waals surface area (Å²) in [6.07, 6.45) is 4.21. The van der Waals surface area contributed by atoms with Gasteiger partial charge in [0.1, 0.15) is 5.65 Å². The lowest BCUT2D eigenvalue weighted by Gasteiger charge is -2.20. The van der Waals surface area contributed by atoms with E-state index >= 15 is 0 Å². The third kappa shape index (κ3) is 4.22. The van der Waals surface area contributed by atoms with Crippen molar-refractivity contribution < 1.29 is 0 Å². The summed E-state index contributed by atoms with van der Waals surface area (Å²) in [5.41, 5.74) is 16.0. The third-order valence-electron chi connectivity index (χ3n) is 12.5. The molecule has 0 fully saturated rings. The Kier molecular flexibility index (Phi) is 6.19. The van der Waals surface area contributed by atoms with Gasteiger partial charge < -0.3 is 4.40 Å². The zero-order chi connectivity index (χ0) is 37.2. The maximum Gasteiger partial charge on any atom is 0.137 e. The highest BCUT2D eigenvalue weighted by molar-refractivity contribution is 6.31. The average Bonchev–Trinajstić information content (AvgIpc) is 3.86. The molecule has 10 aromatic carbocycles. The predicted molar refractivity (Wildman–Crippen MR) is 240 cm³/mol. The van der Waals surface area contributed by atoms with Gasteiger partial charge in [-0.2, -0.15) is 0 Å². The number of pyridine rings is 1. The fourth-order valence-electron chi connectivity index (χ4n) is 10.2. The quantitative estimate of drug-likeness (QED) is 0.166. The summed E-state index contributed by atoms with van der Waals surface area (Å²) in [5.74, 6) is 0. The standard InChI is InChI=1S/C55H32N2/c1-3-12-33(13-4-1)51-41-16-7-8-17-42(41)52(34-14-5-2-6-15-34)55-46-30-29-38(40-18-11-19-45(53(40)46)54(51)55)37-25-21-35-24-28-44-39(47-32-57-31-10-9-20-48(57)56-47)26-22-36-23-27-43(37)49(35)50(36)44/h1-32H. The highest BCUT2D eigenvalue weighted by Gasteiger charge is 2.31. The number of hydrogen-bond acceptors (Lipinski definition) is 1. The van der Waals surface area contributed by atoms with Gasteiger partial charge in [-0.1, -0.05) is 170 Å². The SMILES string of the molecule is c1ccc(-c2c3c(c(-c4ccccc4)c4ccccc24)-c2ccc(-c4ccc5ccc6c(-c7cn8ccccc8n7)ccc7ccc4c5c76)c4cccc-3c24)cc1. The molecule has 2 heteroatoms. The molecule has 0 aliphatic heterocycles. The second-order valence-electron chi connectivity index (χ2n) is 15.4. The van der Waals surface area contributed by atoms with Gasteiger partial charge in [0.25, 0.3) is 0 Å². The maximum atomic E-state index is 5.04. The van der Waals surface area contributed by atoms with Gasteiger partial charge in [0, 0.05) is 18.0 Å². The van der Waals surface area contributed by atoms with Gasteiger partial charge in [0.2, 0.25) is 0 Å². The van der Waals surface area contributed by atoms with Crippen LogP contribution in [0.2, 0.25) is 0 Å². The van der Waals surface area contributed by atoms with E-state index in [1.807, 2.05) is 6.07 Å². The third-order valence-corrected chi connectivity index (χ3v) is 12.5. The normalized spacial score (nSPS) is 12.2. The fraction of sp³-hybridized carbons (Fsp3) is 0. The fourth-order valence-corrected chi connectivity index (χ4v) is 10.2. The molecule has 0 spiro atoms. The molecule has 2 aromatic heterocycles. The summed E-state index contributed by atoms with van der Waals surface area (Å²) in [6.45, 7) is 0. The molecular formula is C55H32N2. The van der Waals surface area contributed by atoms with Crippen molar-refractivity contribution in [2.75, 3.05) is 0 Å². The van der Waals surface area contributed by atoms with Crippen molar-refractivity contribution >= 4 is 59.5 Å². The lowest BCUT2D eigenvalue weighted by atomic mass is 9.82. The molecule has 0 saturated carbocycles. The van der Waals surface area contributed by atoms with E-state index in [0.29, 0.717) is 0 Å². The second-order valence-corrected chi connectivity index (χ2v) is 15.4. The van der Waals surface area contributed by atoms with E-state index in [1.54, 1.807) is 0 Å². The minimum absolute atomic E-state index is 0.953. The first-order valence-electron chi connectivity index (χ1n) is 19.7. The summed E-state index contributed by atoms with van der Waals surface area (Å²) in [4.78, 5) is 5.04. The zero-order valence-corrected chi connectivity index (χ0v) is 30.9. The first kappa shape index (κ1) is 30.7. The Morgan fingerprint density at radius 1 is 0.316 bits per heavy atom.